The van der Waals surface area contributed by atoms with Crippen LogP contribution >= 0.6 is 0 Å². The van der Waals surface area contributed by atoms with Crippen LogP contribution in [0.5, 0.6) is 5.75 Å². The zero-order valence-electron chi connectivity index (χ0n) is 19.1. The molecule has 4 aromatic rings. The molecule has 3 N–H and O–H groups in total. The number of ether oxygens (including phenoxy) is 1. The van der Waals surface area contributed by atoms with Crippen molar-refractivity contribution in [2.45, 2.75) is 17.9 Å². The van der Waals surface area contributed by atoms with Gasteiger partial charge in [-0.25, -0.2) is 4.98 Å². The molecule has 0 aliphatic heterocycles. The number of nitrogens with zero attached hydrogens (tertiary/aromatic N) is 2. The van der Waals surface area contributed by atoms with Gasteiger partial charge in [-0.1, -0.05) is 23.8 Å². The van der Waals surface area contributed by atoms with Crippen molar-refractivity contribution >= 4 is 10.1 Å². The summed E-state index contributed by atoms with van der Waals surface area (Å²) < 4.78 is 40.2. The van der Waals surface area contributed by atoms with Crippen LogP contribution in [0.25, 0.3) is 11.3 Å². The van der Waals surface area contributed by atoms with Gasteiger partial charge in [0.25, 0.3) is 10.1 Å². The summed E-state index contributed by atoms with van der Waals surface area (Å²) >= 11 is 0. The van der Waals surface area contributed by atoms with E-state index in [4.69, 9.17) is 13.7 Å². The zero-order chi connectivity index (χ0) is 25.1. The van der Waals surface area contributed by atoms with Crippen molar-refractivity contribution in [3.63, 3.8) is 0 Å². The smallest absolute Gasteiger partial charge is 0.294 e. The van der Waals surface area contributed by atoms with Crippen LogP contribution in [0.1, 0.15) is 17.2 Å². The van der Waals surface area contributed by atoms with Gasteiger partial charge in [0.15, 0.2) is 6.39 Å². The Morgan fingerprint density at radius 2 is 1.83 bits per heavy atom. The molecule has 4 rings (SSSR count). The highest BCUT2D eigenvalue weighted by Crippen LogP contribution is 2.20. The lowest BCUT2D eigenvalue weighted by Crippen LogP contribution is -2.26. The Hall–Kier alpha value is -3.57. The number of pyridine rings is 1. The molecule has 0 spiro atoms. The first-order valence-corrected chi connectivity index (χ1v) is 12.2. The molecule has 0 bridgehead atoms. The minimum Gasteiger partial charge on any atom is -0.492 e. The molecule has 10 heteroatoms. The first-order valence-electron chi connectivity index (χ1n) is 10.8. The lowest BCUT2D eigenvalue weighted by atomic mass is 10.1. The average Bonchev–Trinajstić information content (AvgIpc) is 3.40. The number of aryl methyl sites for hydroxylation is 1. The second kappa shape index (κ2) is 12.8. The molecule has 0 amide bonds. The van der Waals surface area contributed by atoms with Gasteiger partial charge >= 0.3 is 0 Å². The molecular weight excluding hydrogens is 470 g/mol. The second-order valence-electron chi connectivity index (χ2n) is 7.54. The fraction of sp³-hybridized carbons (Fsp3) is 0.200. The van der Waals surface area contributed by atoms with Crippen LogP contribution in [0.3, 0.4) is 0 Å². The lowest BCUT2D eigenvalue weighted by Gasteiger charge is -2.12. The van der Waals surface area contributed by atoms with Crippen molar-refractivity contribution in [1.29, 1.82) is 0 Å². The van der Waals surface area contributed by atoms with E-state index in [9.17, 15) is 13.5 Å². The zero-order valence-corrected chi connectivity index (χ0v) is 19.9. The van der Waals surface area contributed by atoms with Crippen LogP contribution in [0.4, 0.5) is 0 Å². The maximum absolute atomic E-state index is 10.5. The minimum atomic E-state index is -4.02. The van der Waals surface area contributed by atoms with E-state index in [1.54, 1.807) is 30.8 Å². The van der Waals surface area contributed by atoms with Gasteiger partial charge in [0.2, 0.25) is 0 Å². The number of benzene rings is 2. The number of hydrogen-bond donors (Lipinski definition) is 3. The van der Waals surface area contributed by atoms with E-state index in [-0.39, 0.29) is 4.90 Å². The summed E-state index contributed by atoms with van der Waals surface area (Å²) in [5.74, 6) is 0.789. The van der Waals surface area contributed by atoms with E-state index >= 15 is 0 Å². The molecule has 0 unspecified atom stereocenters. The number of aliphatic hydroxyl groups excluding tert-OH is 1. The third kappa shape index (κ3) is 8.62. The Balaban J connectivity index is 0.000000261. The van der Waals surface area contributed by atoms with E-state index in [0.29, 0.717) is 19.7 Å². The standard InChI is InChI=1S/C18H19N3O3.C7H8O3S/c22-18(15-2-1-7-19-10-15)11-20-8-9-24-16-5-3-14(4-6-16)17-12-23-13-21-17;1-6-2-4-7(5-3-6)11(8,9)10/h1-7,10,12-13,18,20,22H,8-9,11H2;2-5H,1H3,(H,8,9,10)/t18-;/m0./s1. The topological polar surface area (TPSA) is 135 Å². The molecule has 0 saturated carbocycles. The molecule has 0 saturated heterocycles. The number of aliphatic hydroxyl groups is 1. The maximum Gasteiger partial charge on any atom is 0.294 e. The van der Waals surface area contributed by atoms with Gasteiger partial charge in [0.05, 0.1) is 11.0 Å². The quantitative estimate of drug-likeness (QED) is 0.234. The van der Waals surface area contributed by atoms with Crippen LogP contribution in [0.2, 0.25) is 0 Å². The maximum atomic E-state index is 10.5. The van der Waals surface area contributed by atoms with Gasteiger partial charge in [-0.05, 0) is 49.4 Å². The number of nitrogens with one attached hydrogen (secondary N) is 1. The molecule has 2 heterocycles. The SMILES string of the molecule is Cc1ccc(S(=O)(=O)O)cc1.O[C@@H](CNCCOc1ccc(-c2cocn2)cc1)c1cccnc1. The molecule has 1 atom stereocenters. The highest BCUT2D eigenvalue weighted by Gasteiger charge is 2.07. The van der Waals surface area contributed by atoms with Crippen molar-refractivity contribution in [2.75, 3.05) is 19.7 Å². The highest BCUT2D eigenvalue weighted by molar-refractivity contribution is 7.85. The van der Waals surface area contributed by atoms with E-state index in [0.717, 1.165) is 28.1 Å². The number of rotatable bonds is 9. The summed E-state index contributed by atoms with van der Waals surface area (Å²) in [4.78, 5) is 8.02. The fourth-order valence-electron chi connectivity index (χ4n) is 2.96. The largest absolute Gasteiger partial charge is 0.492 e. The fourth-order valence-corrected chi connectivity index (χ4v) is 3.44. The molecule has 184 valence electrons. The summed E-state index contributed by atoms with van der Waals surface area (Å²) in [5, 5.41) is 13.2. The highest BCUT2D eigenvalue weighted by atomic mass is 32.2. The Bertz CT molecular complexity index is 1250. The predicted molar refractivity (Wildman–Crippen MR) is 130 cm³/mol. The number of hydrogen-bond acceptors (Lipinski definition) is 8. The molecular formula is C25H27N3O6S. The van der Waals surface area contributed by atoms with Crippen LogP contribution in [0, 0.1) is 6.92 Å². The van der Waals surface area contributed by atoms with Crippen LogP contribution in [-0.4, -0.2) is 47.7 Å². The average molecular weight is 498 g/mol. The van der Waals surface area contributed by atoms with Crippen molar-refractivity contribution < 1.29 is 27.2 Å². The van der Waals surface area contributed by atoms with Crippen molar-refractivity contribution in [2.24, 2.45) is 0 Å². The molecule has 9 nitrogen and oxygen atoms in total. The minimum absolute atomic E-state index is 0.0666. The summed E-state index contributed by atoms with van der Waals surface area (Å²) in [5.41, 5.74) is 3.54. The van der Waals surface area contributed by atoms with Crippen molar-refractivity contribution in [1.82, 2.24) is 15.3 Å². The van der Waals surface area contributed by atoms with Gasteiger partial charge in [-0.15, -0.1) is 0 Å². The normalized spacial score (nSPS) is 11.9. The molecule has 2 aromatic carbocycles. The van der Waals surface area contributed by atoms with E-state index in [2.05, 4.69) is 15.3 Å². The molecule has 0 aliphatic carbocycles. The van der Waals surface area contributed by atoms with Gasteiger partial charge in [0.1, 0.15) is 24.3 Å². The third-order valence-corrected chi connectivity index (χ3v) is 5.72. The third-order valence-electron chi connectivity index (χ3n) is 4.86. The predicted octanol–water partition coefficient (Wildman–Crippen LogP) is 3.68. The summed E-state index contributed by atoms with van der Waals surface area (Å²) in [7, 11) is -4.02. The number of aromatic nitrogens is 2. The van der Waals surface area contributed by atoms with Crippen LogP contribution in [-0.2, 0) is 10.1 Å². The van der Waals surface area contributed by atoms with Gasteiger partial charge < -0.3 is 19.6 Å². The second-order valence-corrected chi connectivity index (χ2v) is 8.96. The molecule has 0 fully saturated rings. The monoisotopic (exact) mass is 497 g/mol. The van der Waals surface area contributed by atoms with E-state index in [1.807, 2.05) is 43.3 Å². The Kier molecular flexibility index (Phi) is 9.50. The van der Waals surface area contributed by atoms with Crippen molar-refractivity contribution in [3.05, 3.63) is 96.8 Å². The number of oxazole rings is 1. The molecule has 2 aromatic heterocycles. The molecule has 35 heavy (non-hydrogen) atoms. The van der Waals surface area contributed by atoms with Crippen LogP contribution in [0.15, 0.2) is 95.0 Å². The summed E-state index contributed by atoms with van der Waals surface area (Å²) in [6, 6.07) is 17.3. The Labute approximate surface area is 204 Å². The molecule has 0 aliphatic rings. The van der Waals surface area contributed by atoms with E-state index in [1.165, 1.54) is 18.5 Å². The van der Waals surface area contributed by atoms with Crippen LogP contribution < -0.4 is 10.1 Å². The van der Waals surface area contributed by atoms with Gasteiger partial charge in [-0.2, -0.15) is 8.42 Å². The first kappa shape index (κ1) is 26.0. The Morgan fingerprint density at radius 1 is 1.09 bits per heavy atom. The summed E-state index contributed by atoms with van der Waals surface area (Å²) in [6.07, 6.45) is 5.80. The summed E-state index contributed by atoms with van der Waals surface area (Å²) in [6.45, 7) is 3.46. The molecule has 0 radical (unpaired) electrons. The first-order chi connectivity index (χ1) is 16.8. The Morgan fingerprint density at radius 3 is 2.43 bits per heavy atom. The van der Waals surface area contributed by atoms with Gasteiger partial charge in [-0.3, -0.25) is 9.54 Å². The van der Waals surface area contributed by atoms with Crippen molar-refractivity contribution in [3.8, 4) is 17.0 Å². The van der Waals surface area contributed by atoms with E-state index < -0.39 is 16.2 Å². The lowest BCUT2D eigenvalue weighted by molar-refractivity contribution is 0.171. The van der Waals surface area contributed by atoms with Gasteiger partial charge in [0, 0.05) is 36.6 Å².